The van der Waals surface area contributed by atoms with Crippen LogP contribution in [-0.2, 0) is 16.0 Å². The van der Waals surface area contributed by atoms with Crippen molar-refractivity contribution in [2.45, 2.75) is 25.7 Å². The number of halogens is 2. The molecule has 0 spiro atoms. The average molecular weight is 283 g/mol. The fraction of sp³-hybridized carbons (Fsp3) is 0.533. The Kier molecular flexibility index (Phi) is 5.47. The molecule has 1 aliphatic rings. The third kappa shape index (κ3) is 4.27. The molecule has 1 aliphatic heterocycles. The molecule has 5 heteroatoms. The number of benzene rings is 1. The Morgan fingerprint density at radius 1 is 1.20 bits per heavy atom. The Labute approximate surface area is 117 Å². The molecule has 1 aromatic carbocycles. The predicted octanol–water partition coefficient (Wildman–Crippen LogP) is 2.54. The van der Waals surface area contributed by atoms with Crippen LogP contribution in [0.1, 0.15) is 24.8 Å². The molecular formula is C15H19F2NO2. The number of likely N-dealkylation sites (tertiary alicyclic amines) is 1. The molecule has 0 radical (unpaired) electrons. The molecule has 20 heavy (non-hydrogen) atoms. The van der Waals surface area contributed by atoms with E-state index in [1.807, 2.05) is 4.90 Å². The zero-order valence-corrected chi connectivity index (χ0v) is 11.4. The van der Waals surface area contributed by atoms with Gasteiger partial charge in [-0.25, -0.2) is 8.78 Å². The van der Waals surface area contributed by atoms with Crippen LogP contribution in [0, 0.1) is 11.6 Å². The Morgan fingerprint density at radius 2 is 1.95 bits per heavy atom. The third-order valence-electron chi connectivity index (χ3n) is 3.47. The van der Waals surface area contributed by atoms with Crippen LogP contribution in [0.25, 0.3) is 0 Å². The largest absolute Gasteiger partial charge is 0.371 e. The first-order chi connectivity index (χ1) is 9.66. The van der Waals surface area contributed by atoms with Crippen LogP contribution in [0.3, 0.4) is 0 Å². The van der Waals surface area contributed by atoms with Crippen molar-refractivity contribution < 1.29 is 18.3 Å². The monoisotopic (exact) mass is 283 g/mol. The highest BCUT2D eigenvalue weighted by Crippen LogP contribution is 2.11. The molecule has 1 fully saturated rings. The maximum atomic E-state index is 13.4. The van der Waals surface area contributed by atoms with Crippen LogP contribution in [0.5, 0.6) is 0 Å². The van der Waals surface area contributed by atoms with Gasteiger partial charge in [-0.1, -0.05) is 6.07 Å². The van der Waals surface area contributed by atoms with Crippen LogP contribution >= 0.6 is 0 Å². The predicted molar refractivity (Wildman–Crippen MR) is 71.3 cm³/mol. The lowest BCUT2D eigenvalue weighted by molar-refractivity contribution is -0.137. The number of piperidine rings is 1. The number of carbonyl (C=O) groups excluding carboxylic acids is 1. The highest BCUT2D eigenvalue weighted by atomic mass is 19.1. The van der Waals surface area contributed by atoms with E-state index < -0.39 is 11.6 Å². The minimum Gasteiger partial charge on any atom is -0.371 e. The number of rotatable bonds is 5. The van der Waals surface area contributed by atoms with E-state index in [1.165, 1.54) is 18.6 Å². The van der Waals surface area contributed by atoms with Crippen molar-refractivity contribution in [3.8, 4) is 0 Å². The minimum atomic E-state index is -0.590. The van der Waals surface area contributed by atoms with Crippen molar-refractivity contribution in [2.75, 3.05) is 26.3 Å². The number of nitrogens with zero attached hydrogens (tertiary/aromatic N) is 1. The van der Waals surface area contributed by atoms with Crippen LogP contribution in [0.2, 0.25) is 0 Å². The van der Waals surface area contributed by atoms with Crippen molar-refractivity contribution in [2.24, 2.45) is 0 Å². The van der Waals surface area contributed by atoms with E-state index in [0.29, 0.717) is 12.0 Å². The summed E-state index contributed by atoms with van der Waals surface area (Å²) >= 11 is 0. The highest BCUT2D eigenvalue weighted by Gasteiger charge is 2.16. The lowest BCUT2D eigenvalue weighted by Gasteiger charge is -2.26. The summed E-state index contributed by atoms with van der Waals surface area (Å²) in [6.07, 6.45) is 3.60. The summed E-state index contributed by atoms with van der Waals surface area (Å²) in [5.74, 6) is -1.17. The summed E-state index contributed by atoms with van der Waals surface area (Å²) in [7, 11) is 0. The Morgan fingerprint density at radius 3 is 2.65 bits per heavy atom. The van der Waals surface area contributed by atoms with Gasteiger partial charge in [0.05, 0.1) is 6.61 Å². The maximum absolute atomic E-state index is 13.4. The highest BCUT2D eigenvalue weighted by molar-refractivity contribution is 5.77. The number of carbonyl (C=O) groups is 1. The first kappa shape index (κ1) is 14.9. The van der Waals surface area contributed by atoms with Crippen molar-refractivity contribution >= 4 is 5.91 Å². The van der Waals surface area contributed by atoms with E-state index in [-0.39, 0.29) is 19.1 Å². The molecule has 1 aromatic rings. The van der Waals surface area contributed by atoms with Crippen molar-refractivity contribution in [3.63, 3.8) is 0 Å². The smallest absolute Gasteiger partial charge is 0.248 e. The molecule has 0 aliphatic carbocycles. The second-order valence-electron chi connectivity index (χ2n) is 4.98. The zero-order chi connectivity index (χ0) is 14.4. The first-order valence-corrected chi connectivity index (χ1v) is 6.96. The van der Waals surface area contributed by atoms with Crippen LogP contribution < -0.4 is 0 Å². The van der Waals surface area contributed by atoms with Crippen molar-refractivity contribution in [1.82, 2.24) is 4.90 Å². The fourth-order valence-electron chi connectivity index (χ4n) is 2.30. The lowest BCUT2D eigenvalue weighted by Crippen LogP contribution is -2.38. The van der Waals surface area contributed by atoms with E-state index in [0.717, 1.165) is 32.0 Å². The van der Waals surface area contributed by atoms with E-state index in [2.05, 4.69) is 0 Å². The van der Waals surface area contributed by atoms with Crippen molar-refractivity contribution in [1.29, 1.82) is 0 Å². The zero-order valence-electron chi connectivity index (χ0n) is 11.4. The van der Waals surface area contributed by atoms with Gasteiger partial charge < -0.3 is 9.64 Å². The Hall–Kier alpha value is -1.49. The van der Waals surface area contributed by atoms with Gasteiger partial charge in [0.2, 0.25) is 5.91 Å². The van der Waals surface area contributed by atoms with Gasteiger partial charge in [-0.3, -0.25) is 4.79 Å². The van der Waals surface area contributed by atoms with Gasteiger partial charge in [0.1, 0.15) is 18.2 Å². The molecule has 1 heterocycles. The number of hydrogen-bond acceptors (Lipinski definition) is 2. The standard InChI is InChI=1S/C15H19F2NO2/c16-13-5-4-12(14(17)10-13)6-9-20-11-15(19)18-7-2-1-3-8-18/h4-5,10H,1-3,6-9,11H2. The quantitative estimate of drug-likeness (QED) is 0.777. The lowest BCUT2D eigenvalue weighted by atomic mass is 10.1. The number of ether oxygens (including phenoxy) is 1. The van der Waals surface area contributed by atoms with Gasteiger partial charge in [0, 0.05) is 19.2 Å². The van der Waals surface area contributed by atoms with E-state index in [4.69, 9.17) is 4.74 Å². The SMILES string of the molecule is O=C(COCCc1ccc(F)cc1F)N1CCCCC1. The summed E-state index contributed by atoms with van der Waals surface area (Å²) in [6.45, 7) is 1.88. The van der Waals surface area contributed by atoms with E-state index in [9.17, 15) is 13.6 Å². The second-order valence-corrected chi connectivity index (χ2v) is 4.98. The summed E-state index contributed by atoms with van der Waals surface area (Å²) < 4.78 is 31.4. The summed E-state index contributed by atoms with van der Waals surface area (Å²) in [4.78, 5) is 13.6. The number of amides is 1. The molecule has 1 amide bonds. The second kappa shape index (κ2) is 7.33. The van der Waals surface area contributed by atoms with Crippen LogP contribution in [0.4, 0.5) is 8.78 Å². The molecule has 0 N–H and O–H groups in total. The van der Waals surface area contributed by atoms with E-state index >= 15 is 0 Å². The van der Waals surface area contributed by atoms with E-state index in [1.54, 1.807) is 0 Å². The Bertz CT molecular complexity index is 459. The van der Waals surface area contributed by atoms with Crippen LogP contribution in [0.15, 0.2) is 18.2 Å². The molecule has 1 saturated heterocycles. The van der Waals surface area contributed by atoms with Gasteiger partial charge in [0.15, 0.2) is 0 Å². The summed E-state index contributed by atoms with van der Waals surface area (Å²) in [5, 5.41) is 0. The molecule has 0 saturated carbocycles. The minimum absolute atomic E-state index is 0.00993. The molecular weight excluding hydrogens is 264 g/mol. The average Bonchev–Trinajstić information content (AvgIpc) is 2.46. The van der Waals surface area contributed by atoms with Gasteiger partial charge >= 0.3 is 0 Å². The van der Waals surface area contributed by atoms with Gasteiger partial charge in [-0.2, -0.15) is 0 Å². The van der Waals surface area contributed by atoms with Gasteiger partial charge in [-0.05, 0) is 37.3 Å². The molecule has 0 atom stereocenters. The fourth-order valence-corrected chi connectivity index (χ4v) is 2.30. The molecule has 0 bridgehead atoms. The third-order valence-corrected chi connectivity index (χ3v) is 3.47. The molecule has 0 aromatic heterocycles. The Balaban J connectivity index is 1.69. The maximum Gasteiger partial charge on any atom is 0.248 e. The molecule has 110 valence electrons. The van der Waals surface area contributed by atoms with Crippen LogP contribution in [-0.4, -0.2) is 37.1 Å². The topological polar surface area (TPSA) is 29.5 Å². The molecule has 0 unspecified atom stereocenters. The molecule has 2 rings (SSSR count). The summed E-state index contributed by atoms with van der Waals surface area (Å²) in [6, 6.07) is 3.48. The number of hydrogen-bond donors (Lipinski definition) is 0. The normalized spacial score (nSPS) is 15.4. The van der Waals surface area contributed by atoms with Gasteiger partial charge in [-0.15, -0.1) is 0 Å². The first-order valence-electron chi connectivity index (χ1n) is 6.96. The van der Waals surface area contributed by atoms with Crippen molar-refractivity contribution in [3.05, 3.63) is 35.4 Å². The summed E-state index contributed by atoms with van der Waals surface area (Å²) in [5.41, 5.74) is 0.400. The molecule has 3 nitrogen and oxygen atoms in total. The van der Waals surface area contributed by atoms with Gasteiger partial charge in [0.25, 0.3) is 0 Å².